The van der Waals surface area contributed by atoms with E-state index in [1.54, 1.807) is 6.07 Å². The lowest BCUT2D eigenvalue weighted by atomic mass is 10.0. The fraction of sp³-hybridized carbons (Fsp3) is 0.389. The summed E-state index contributed by atoms with van der Waals surface area (Å²) in [7, 11) is 0. The molecule has 2 aromatic rings. The summed E-state index contributed by atoms with van der Waals surface area (Å²) in [6.07, 6.45) is 1.73. The van der Waals surface area contributed by atoms with E-state index in [0.29, 0.717) is 24.4 Å². The van der Waals surface area contributed by atoms with Crippen LogP contribution in [0.3, 0.4) is 0 Å². The molecule has 1 fully saturated rings. The van der Waals surface area contributed by atoms with E-state index in [4.69, 9.17) is 4.52 Å². The summed E-state index contributed by atoms with van der Waals surface area (Å²) in [4.78, 5) is 26.3. The Hall–Kier alpha value is -2.63. The van der Waals surface area contributed by atoms with Crippen molar-refractivity contribution in [3.05, 3.63) is 53.4 Å². The van der Waals surface area contributed by atoms with Crippen molar-refractivity contribution in [1.29, 1.82) is 0 Å². The third-order valence-electron chi connectivity index (χ3n) is 4.18. The molecule has 6 heteroatoms. The van der Waals surface area contributed by atoms with Gasteiger partial charge in [0.1, 0.15) is 5.76 Å². The van der Waals surface area contributed by atoms with Crippen LogP contribution < -0.4 is 5.32 Å². The minimum atomic E-state index is -0.0704. The van der Waals surface area contributed by atoms with Crippen LogP contribution in [0.25, 0.3) is 0 Å². The molecule has 2 heterocycles. The van der Waals surface area contributed by atoms with Crippen molar-refractivity contribution in [3.8, 4) is 0 Å². The number of piperidine rings is 1. The maximum Gasteiger partial charge on any atom is 0.253 e. The van der Waals surface area contributed by atoms with Crippen molar-refractivity contribution < 1.29 is 14.1 Å². The van der Waals surface area contributed by atoms with Gasteiger partial charge in [0.15, 0.2) is 0 Å². The number of carbonyl (C=O) groups is 2. The maximum atomic E-state index is 12.4. The molecule has 2 amide bonds. The van der Waals surface area contributed by atoms with Crippen molar-refractivity contribution in [1.82, 2.24) is 15.4 Å². The molecule has 1 aromatic carbocycles. The van der Waals surface area contributed by atoms with Crippen LogP contribution in [0.2, 0.25) is 0 Å². The second-order valence-corrected chi connectivity index (χ2v) is 6.11. The highest BCUT2D eigenvalue weighted by atomic mass is 16.5. The van der Waals surface area contributed by atoms with Crippen LogP contribution in [-0.4, -0.2) is 41.0 Å². The van der Waals surface area contributed by atoms with Gasteiger partial charge in [-0.1, -0.05) is 23.4 Å². The van der Waals surface area contributed by atoms with Crippen LogP contribution in [0.4, 0.5) is 0 Å². The molecule has 1 aliphatic heterocycles. The van der Waals surface area contributed by atoms with Gasteiger partial charge in [0.2, 0.25) is 5.91 Å². The number of aromatic nitrogens is 1. The highest BCUT2D eigenvalue weighted by Gasteiger charge is 2.24. The molecule has 6 nitrogen and oxygen atoms in total. The highest BCUT2D eigenvalue weighted by Crippen LogP contribution is 2.14. The molecule has 1 N–H and O–H groups in total. The van der Waals surface area contributed by atoms with Gasteiger partial charge >= 0.3 is 0 Å². The van der Waals surface area contributed by atoms with Crippen LogP contribution in [-0.2, 0) is 11.2 Å². The molecule has 1 saturated heterocycles. The summed E-state index contributed by atoms with van der Waals surface area (Å²) in [5.74, 6) is 0.554. The van der Waals surface area contributed by atoms with Crippen LogP contribution >= 0.6 is 0 Å². The van der Waals surface area contributed by atoms with Gasteiger partial charge in [-0.05, 0) is 31.9 Å². The zero-order valence-corrected chi connectivity index (χ0v) is 13.7. The number of benzene rings is 1. The predicted molar refractivity (Wildman–Crippen MR) is 88.5 cm³/mol. The Morgan fingerprint density at radius 3 is 2.58 bits per heavy atom. The lowest BCUT2D eigenvalue weighted by Gasteiger charge is -2.32. The van der Waals surface area contributed by atoms with E-state index >= 15 is 0 Å². The molecule has 24 heavy (non-hydrogen) atoms. The van der Waals surface area contributed by atoms with Gasteiger partial charge < -0.3 is 14.7 Å². The van der Waals surface area contributed by atoms with Gasteiger partial charge in [-0.3, -0.25) is 9.59 Å². The lowest BCUT2D eigenvalue weighted by molar-refractivity contribution is -0.121. The third-order valence-corrected chi connectivity index (χ3v) is 4.18. The van der Waals surface area contributed by atoms with Crippen molar-refractivity contribution in [3.63, 3.8) is 0 Å². The first-order valence-electron chi connectivity index (χ1n) is 8.17. The lowest BCUT2D eigenvalue weighted by Crippen LogP contribution is -2.46. The molecule has 0 unspecified atom stereocenters. The first kappa shape index (κ1) is 16.2. The Kier molecular flexibility index (Phi) is 4.93. The number of likely N-dealkylation sites (tertiary alicyclic amines) is 1. The Morgan fingerprint density at radius 2 is 1.96 bits per heavy atom. The van der Waals surface area contributed by atoms with Gasteiger partial charge in [-0.15, -0.1) is 0 Å². The standard InChI is InChI=1S/C18H21N3O3/c1-13-11-16(24-20-13)12-17(22)19-15-7-9-21(10-8-15)18(23)14-5-3-2-4-6-14/h2-6,11,15H,7-10,12H2,1H3,(H,19,22). The van der Waals surface area contributed by atoms with Crippen LogP contribution in [0.5, 0.6) is 0 Å². The second-order valence-electron chi connectivity index (χ2n) is 6.11. The van der Waals surface area contributed by atoms with Crippen LogP contribution in [0.1, 0.15) is 34.7 Å². The average Bonchev–Trinajstić information content (AvgIpc) is 3.00. The minimum Gasteiger partial charge on any atom is -0.361 e. The molecule has 0 bridgehead atoms. The highest BCUT2D eigenvalue weighted by molar-refractivity contribution is 5.94. The molecule has 0 aliphatic carbocycles. The number of rotatable bonds is 4. The van der Waals surface area contributed by atoms with E-state index in [1.165, 1.54) is 0 Å². The molecule has 1 aliphatic rings. The number of hydrogen-bond donors (Lipinski definition) is 1. The molecule has 0 atom stereocenters. The average molecular weight is 327 g/mol. The van der Waals surface area contributed by atoms with Gasteiger partial charge in [0.25, 0.3) is 5.91 Å². The summed E-state index contributed by atoms with van der Waals surface area (Å²) in [6, 6.07) is 11.2. The van der Waals surface area contributed by atoms with Crippen LogP contribution in [0.15, 0.2) is 40.9 Å². The second kappa shape index (κ2) is 7.29. The van der Waals surface area contributed by atoms with E-state index in [9.17, 15) is 9.59 Å². The van der Waals surface area contributed by atoms with Crippen LogP contribution in [0, 0.1) is 6.92 Å². The van der Waals surface area contributed by atoms with Gasteiger partial charge in [0, 0.05) is 30.8 Å². The molecular weight excluding hydrogens is 306 g/mol. The van der Waals surface area contributed by atoms with E-state index in [-0.39, 0.29) is 24.3 Å². The normalized spacial score (nSPS) is 15.3. The Labute approximate surface area is 140 Å². The van der Waals surface area contributed by atoms with E-state index < -0.39 is 0 Å². The minimum absolute atomic E-state index is 0.0533. The molecule has 0 saturated carbocycles. The molecule has 3 rings (SSSR count). The first-order valence-corrected chi connectivity index (χ1v) is 8.17. The topological polar surface area (TPSA) is 75.4 Å². The van der Waals surface area contributed by atoms with Crippen molar-refractivity contribution in [2.24, 2.45) is 0 Å². The van der Waals surface area contributed by atoms with E-state index in [2.05, 4.69) is 10.5 Å². The zero-order chi connectivity index (χ0) is 16.9. The number of amides is 2. The van der Waals surface area contributed by atoms with E-state index in [0.717, 1.165) is 18.5 Å². The number of nitrogens with one attached hydrogen (secondary N) is 1. The van der Waals surface area contributed by atoms with Gasteiger partial charge in [0.05, 0.1) is 12.1 Å². The van der Waals surface area contributed by atoms with E-state index in [1.807, 2.05) is 42.2 Å². The Balaban J connectivity index is 1.46. The summed E-state index contributed by atoms with van der Waals surface area (Å²) in [5.41, 5.74) is 1.48. The predicted octanol–water partition coefficient (Wildman–Crippen LogP) is 1.95. The summed E-state index contributed by atoms with van der Waals surface area (Å²) in [6.45, 7) is 3.13. The zero-order valence-electron chi connectivity index (χ0n) is 13.7. The summed E-state index contributed by atoms with van der Waals surface area (Å²) in [5, 5.41) is 6.79. The number of aryl methyl sites for hydroxylation is 1. The Bertz CT molecular complexity index is 703. The quantitative estimate of drug-likeness (QED) is 0.931. The van der Waals surface area contributed by atoms with Crippen molar-refractivity contribution >= 4 is 11.8 Å². The first-order chi connectivity index (χ1) is 11.6. The maximum absolute atomic E-state index is 12.4. The van der Waals surface area contributed by atoms with Gasteiger partial charge in [-0.2, -0.15) is 0 Å². The SMILES string of the molecule is Cc1cc(CC(=O)NC2CCN(C(=O)c3ccccc3)CC2)on1. The Morgan fingerprint density at radius 1 is 1.25 bits per heavy atom. The van der Waals surface area contributed by atoms with Crippen molar-refractivity contribution in [2.45, 2.75) is 32.2 Å². The number of hydrogen-bond acceptors (Lipinski definition) is 4. The third kappa shape index (κ3) is 4.01. The van der Waals surface area contributed by atoms with Crippen molar-refractivity contribution in [2.75, 3.05) is 13.1 Å². The monoisotopic (exact) mass is 327 g/mol. The largest absolute Gasteiger partial charge is 0.361 e. The molecular formula is C18H21N3O3. The summed E-state index contributed by atoms with van der Waals surface area (Å²) >= 11 is 0. The fourth-order valence-electron chi connectivity index (χ4n) is 2.93. The number of nitrogens with zero attached hydrogens (tertiary/aromatic N) is 2. The molecule has 0 spiro atoms. The fourth-order valence-corrected chi connectivity index (χ4v) is 2.93. The summed E-state index contributed by atoms with van der Waals surface area (Å²) < 4.78 is 5.06. The van der Waals surface area contributed by atoms with Gasteiger partial charge in [-0.25, -0.2) is 0 Å². The molecule has 0 radical (unpaired) electrons. The molecule has 126 valence electrons. The smallest absolute Gasteiger partial charge is 0.253 e. The number of carbonyl (C=O) groups excluding carboxylic acids is 2. The molecule has 1 aromatic heterocycles.